The molecule has 312 valence electrons. The van der Waals surface area contributed by atoms with Crippen molar-refractivity contribution < 1.29 is 0 Å². The number of allylic oxidation sites excluding steroid dienone is 3. The first kappa shape index (κ1) is 56.3. The van der Waals surface area contributed by atoms with Gasteiger partial charge in [-0.1, -0.05) is 222 Å². The maximum Gasteiger partial charge on any atom is 0.00166 e. The molecule has 0 aliphatic carbocycles. The Morgan fingerprint density at radius 3 is 1.50 bits per heavy atom. The van der Waals surface area contributed by atoms with Crippen LogP contribution in [0.2, 0.25) is 0 Å². The summed E-state index contributed by atoms with van der Waals surface area (Å²) in [7, 11) is 1.04. The van der Waals surface area contributed by atoms with E-state index >= 15 is 0 Å². The van der Waals surface area contributed by atoms with Crippen LogP contribution >= 0.6 is 20.8 Å². The van der Waals surface area contributed by atoms with Crippen LogP contribution in [-0.2, 0) is 0 Å². The van der Waals surface area contributed by atoms with E-state index in [0.29, 0.717) is 10.6 Å². The van der Waals surface area contributed by atoms with Gasteiger partial charge in [0.1, 0.15) is 0 Å². The van der Waals surface area contributed by atoms with E-state index in [1.54, 1.807) is 0 Å². The lowest BCUT2D eigenvalue weighted by Crippen LogP contribution is -2.28. The van der Waals surface area contributed by atoms with Crippen molar-refractivity contribution >= 4 is 26.2 Å². The molecule has 0 bridgehead atoms. The quantitative estimate of drug-likeness (QED) is 0.0298. The number of unbranched alkanes of at least 4 members (excludes halogenated alkanes) is 17. The number of rotatable bonds is 35. The highest BCUT2D eigenvalue weighted by atomic mass is 32.1. The molecular weight excluding hydrogens is 666 g/mol. The van der Waals surface area contributed by atoms with Gasteiger partial charge in [-0.25, -0.2) is 0 Å². The molecule has 0 amide bonds. The molecule has 4 unspecified atom stereocenters. The average Bonchev–Trinajstić information content (AvgIpc) is 3.13. The van der Waals surface area contributed by atoms with Gasteiger partial charge in [0.25, 0.3) is 0 Å². The van der Waals surface area contributed by atoms with Gasteiger partial charge in [-0.05, 0) is 91.8 Å². The summed E-state index contributed by atoms with van der Waals surface area (Å²) in [4.78, 5) is 0. The lowest BCUT2D eigenvalue weighted by molar-refractivity contribution is 0.141. The largest absolute Gasteiger partial charge is 0.316 e. The molecule has 0 aliphatic heterocycles. The minimum atomic E-state index is 0.434. The standard InChI is InChI=1S/C21H44NPS.C16H30.C12H26/c1-5-7-8-9-10-11-12-13-14-17-22-19-20(6-2)23-21(3,4)16-15-18-24;1-7-10-11-13-16(5,6)14(4)15(9-3)12-8-2;1-3-5-7-9-11-12-10-8-6-4-2/h18,20,22-23H,5-17,19H2,1-4H3;7-8,10,14-15H,2,9,11-13H2,1,3-6H3;3-12H2,1-2H3/b;10-7-;. The van der Waals surface area contributed by atoms with Crippen LogP contribution in [0.3, 0.4) is 0 Å². The number of nitrogens with one attached hydrogen (secondary N) is 1. The van der Waals surface area contributed by atoms with Crippen molar-refractivity contribution in [1.29, 1.82) is 0 Å². The van der Waals surface area contributed by atoms with E-state index in [4.69, 9.17) is 12.2 Å². The highest BCUT2D eigenvalue weighted by molar-refractivity contribution is 7.78. The zero-order chi connectivity index (χ0) is 39.8. The second kappa shape index (κ2) is 42.1. The van der Waals surface area contributed by atoms with Crippen molar-refractivity contribution in [2.24, 2.45) is 17.3 Å². The highest BCUT2D eigenvalue weighted by Crippen LogP contribution is 2.40. The predicted octanol–water partition coefficient (Wildman–Crippen LogP) is 17.7. The number of hydrogen-bond donors (Lipinski definition) is 1. The summed E-state index contributed by atoms with van der Waals surface area (Å²) in [5.74, 6) is 1.55. The molecule has 0 aromatic carbocycles. The second-order valence-electron chi connectivity index (χ2n) is 17.3. The maximum atomic E-state index is 4.98. The first-order chi connectivity index (χ1) is 25.0. The fourth-order valence-electron chi connectivity index (χ4n) is 7.17. The Balaban J connectivity index is -0.000000741. The molecule has 0 rings (SSSR count). The lowest BCUT2D eigenvalue weighted by atomic mass is 9.69. The topological polar surface area (TPSA) is 12.0 Å². The van der Waals surface area contributed by atoms with Crippen LogP contribution in [0.1, 0.15) is 243 Å². The molecule has 52 heavy (non-hydrogen) atoms. The van der Waals surface area contributed by atoms with Gasteiger partial charge in [0, 0.05) is 6.54 Å². The minimum absolute atomic E-state index is 0.434. The third-order valence-electron chi connectivity index (χ3n) is 11.4. The minimum Gasteiger partial charge on any atom is -0.316 e. The fourth-order valence-corrected chi connectivity index (χ4v) is 9.13. The van der Waals surface area contributed by atoms with E-state index in [1.165, 1.54) is 167 Å². The van der Waals surface area contributed by atoms with Crippen molar-refractivity contribution in [1.82, 2.24) is 5.32 Å². The Morgan fingerprint density at radius 1 is 0.654 bits per heavy atom. The molecule has 0 aromatic rings. The van der Waals surface area contributed by atoms with E-state index < -0.39 is 0 Å². The average molecular weight is 766 g/mol. The van der Waals surface area contributed by atoms with Gasteiger partial charge < -0.3 is 5.32 Å². The molecule has 3 heteroatoms. The Morgan fingerprint density at radius 2 is 1.12 bits per heavy atom. The molecular formula is C49H100NPS. The molecule has 0 radical (unpaired) electrons. The zero-order valence-corrected chi connectivity index (χ0v) is 39.8. The first-order valence-corrected chi connectivity index (χ1v) is 24.6. The zero-order valence-electron chi connectivity index (χ0n) is 38.0. The molecule has 0 spiro atoms. The van der Waals surface area contributed by atoms with E-state index in [0.717, 1.165) is 38.9 Å². The summed E-state index contributed by atoms with van der Waals surface area (Å²) in [5, 5.41) is 6.06. The summed E-state index contributed by atoms with van der Waals surface area (Å²) in [6.45, 7) is 31.9. The Hall–Kier alpha value is -0.0400. The van der Waals surface area contributed by atoms with Gasteiger partial charge in [-0.3, -0.25) is 0 Å². The molecule has 0 heterocycles. The van der Waals surface area contributed by atoms with Gasteiger partial charge in [0.2, 0.25) is 0 Å². The van der Waals surface area contributed by atoms with E-state index in [2.05, 4.69) is 106 Å². The van der Waals surface area contributed by atoms with Crippen LogP contribution in [0.25, 0.3) is 0 Å². The summed E-state index contributed by atoms with van der Waals surface area (Å²) >= 11 is 4.98. The summed E-state index contributed by atoms with van der Waals surface area (Å²) < 4.78 is 0. The molecule has 0 saturated heterocycles. The lowest BCUT2D eigenvalue weighted by Gasteiger charge is -2.37. The van der Waals surface area contributed by atoms with Crippen LogP contribution in [0.15, 0.2) is 24.8 Å². The number of hydrogen-bond acceptors (Lipinski definition) is 2. The van der Waals surface area contributed by atoms with Gasteiger partial charge in [0.05, 0.1) is 0 Å². The molecule has 4 atom stereocenters. The Bertz CT molecular complexity index is 734. The summed E-state index contributed by atoms with van der Waals surface area (Å²) in [5.41, 5.74) is 1.27. The van der Waals surface area contributed by atoms with Crippen LogP contribution in [-0.4, -0.2) is 29.3 Å². The smallest absolute Gasteiger partial charge is 0.00166 e. The van der Waals surface area contributed by atoms with Crippen molar-refractivity contribution in [2.75, 3.05) is 13.1 Å². The monoisotopic (exact) mass is 766 g/mol. The summed E-state index contributed by atoms with van der Waals surface area (Å²) in [6.07, 6.45) is 42.2. The third-order valence-corrected chi connectivity index (χ3v) is 13.7. The predicted molar refractivity (Wildman–Crippen MR) is 253 cm³/mol. The Labute approximate surface area is 339 Å². The Kier molecular flexibility index (Phi) is 45.6. The van der Waals surface area contributed by atoms with Crippen molar-refractivity contribution in [3.05, 3.63) is 24.8 Å². The molecule has 0 aliphatic rings. The second-order valence-corrected chi connectivity index (χ2v) is 20.1. The van der Waals surface area contributed by atoms with Crippen LogP contribution < -0.4 is 5.32 Å². The third kappa shape index (κ3) is 39.6. The summed E-state index contributed by atoms with van der Waals surface area (Å²) in [6, 6.07) is 0. The maximum absolute atomic E-state index is 4.98. The van der Waals surface area contributed by atoms with Gasteiger partial charge in [-0.15, -0.1) is 15.2 Å². The van der Waals surface area contributed by atoms with E-state index in [9.17, 15) is 0 Å². The normalized spacial score (nSPS) is 13.8. The molecule has 0 saturated carbocycles. The molecule has 1 N–H and O–H groups in total. The van der Waals surface area contributed by atoms with Gasteiger partial charge in [0.15, 0.2) is 0 Å². The van der Waals surface area contributed by atoms with Gasteiger partial charge >= 0.3 is 0 Å². The molecule has 0 aromatic heterocycles. The van der Waals surface area contributed by atoms with Crippen LogP contribution in [0.4, 0.5) is 0 Å². The van der Waals surface area contributed by atoms with Gasteiger partial charge in [-0.2, -0.15) is 0 Å². The van der Waals surface area contributed by atoms with Crippen molar-refractivity contribution in [2.45, 2.75) is 254 Å². The van der Waals surface area contributed by atoms with Crippen LogP contribution in [0.5, 0.6) is 0 Å². The van der Waals surface area contributed by atoms with E-state index in [-0.39, 0.29) is 0 Å². The highest BCUT2D eigenvalue weighted by Gasteiger charge is 2.30. The SMILES string of the molecule is C=CCC(CC)C(C)C(C)(C)CC/C=C\C.CCCCCCCCCCCC.CCCCCCCCCCCNCC(CC)PC(C)(C)CCC=S. The van der Waals surface area contributed by atoms with Crippen molar-refractivity contribution in [3.63, 3.8) is 0 Å². The fraction of sp³-hybridized carbons (Fsp3) is 0.898. The molecule has 1 nitrogen and oxygen atoms in total. The molecule has 0 fully saturated rings. The first-order valence-electron chi connectivity index (χ1n) is 23.1. The van der Waals surface area contributed by atoms with Crippen molar-refractivity contribution in [3.8, 4) is 0 Å². The van der Waals surface area contributed by atoms with Crippen LogP contribution in [0, 0.1) is 17.3 Å². The van der Waals surface area contributed by atoms with E-state index in [1.807, 2.05) is 5.37 Å². The number of thiocarbonyl (C=S) groups is 1.